The topological polar surface area (TPSA) is 102 Å². The lowest BCUT2D eigenvalue weighted by Gasteiger charge is -2.22. The van der Waals surface area contributed by atoms with Crippen molar-refractivity contribution in [1.29, 1.82) is 0 Å². The van der Waals surface area contributed by atoms with Crippen LogP contribution in [0.25, 0.3) is 11.1 Å². The predicted octanol–water partition coefficient (Wildman–Crippen LogP) is 6.16. The second-order valence-electron chi connectivity index (χ2n) is 9.74. The monoisotopic (exact) mass is 594 g/mol. The number of pyridine rings is 1. The number of allylic oxidation sites excluding steroid dienone is 1. The molecule has 0 aliphatic heterocycles. The molecule has 9 nitrogen and oxygen atoms in total. The number of carbonyl (C=O) groups excluding carboxylic acids is 1. The number of aliphatic imine (C=N–C) groups is 1. The molecule has 1 fully saturated rings. The number of nitrogens with one attached hydrogen (secondary N) is 1. The van der Waals surface area contributed by atoms with E-state index in [1.807, 2.05) is 32.8 Å². The van der Waals surface area contributed by atoms with Gasteiger partial charge in [0.15, 0.2) is 10.9 Å². The summed E-state index contributed by atoms with van der Waals surface area (Å²) in [6.07, 6.45) is 1.32. The van der Waals surface area contributed by atoms with Crippen LogP contribution >= 0.6 is 11.3 Å². The molecule has 1 N–H and O–H groups in total. The van der Waals surface area contributed by atoms with Gasteiger partial charge in [0, 0.05) is 43.8 Å². The zero-order valence-electron chi connectivity index (χ0n) is 24.3. The highest BCUT2D eigenvalue weighted by atomic mass is 32.1. The van der Waals surface area contributed by atoms with Gasteiger partial charge in [0.25, 0.3) is 12.3 Å². The number of rotatable bonds is 9. The Labute approximate surface area is 247 Å². The number of alkyl halides is 2. The number of ether oxygens (including phenoxy) is 2. The molecule has 0 saturated heterocycles. The average Bonchev–Trinajstić information content (AvgIpc) is 3.72. The Hall–Kier alpha value is -4.37. The first-order valence-electron chi connectivity index (χ1n) is 13.3. The zero-order valence-corrected chi connectivity index (χ0v) is 25.1. The summed E-state index contributed by atoms with van der Waals surface area (Å²) in [5.74, 6) is 7.11. The van der Waals surface area contributed by atoms with E-state index in [0.29, 0.717) is 27.9 Å². The number of anilines is 1. The van der Waals surface area contributed by atoms with E-state index >= 15 is 0 Å². The number of aromatic nitrogens is 3. The van der Waals surface area contributed by atoms with Crippen molar-refractivity contribution in [3.05, 3.63) is 63.7 Å². The van der Waals surface area contributed by atoms with E-state index in [9.17, 15) is 13.6 Å². The Morgan fingerprint density at radius 1 is 1.24 bits per heavy atom. The van der Waals surface area contributed by atoms with Crippen molar-refractivity contribution in [3.8, 4) is 28.7 Å². The Morgan fingerprint density at radius 3 is 2.62 bits per heavy atom. The predicted molar refractivity (Wildman–Crippen MR) is 159 cm³/mol. The van der Waals surface area contributed by atoms with Gasteiger partial charge in [-0.05, 0) is 67.5 Å². The van der Waals surface area contributed by atoms with Crippen LogP contribution in [0.4, 0.5) is 13.9 Å². The Kier molecular flexibility index (Phi) is 9.85. The summed E-state index contributed by atoms with van der Waals surface area (Å²) < 4.78 is 39.1. The van der Waals surface area contributed by atoms with E-state index in [1.165, 1.54) is 19.4 Å². The molecule has 1 saturated carbocycles. The summed E-state index contributed by atoms with van der Waals surface area (Å²) in [7, 11) is 6.72. The molecule has 0 bridgehead atoms. The molecule has 3 aromatic rings. The molecule has 1 aliphatic rings. The maximum atomic E-state index is 13.7. The highest BCUT2D eigenvalue weighted by Crippen LogP contribution is 2.36. The highest BCUT2D eigenvalue weighted by Gasteiger charge is 2.23. The van der Waals surface area contributed by atoms with Crippen LogP contribution in [0.5, 0.6) is 5.75 Å². The summed E-state index contributed by atoms with van der Waals surface area (Å²) in [4.78, 5) is 23.6. The molecule has 0 atom stereocenters. The van der Waals surface area contributed by atoms with Gasteiger partial charge in [0.1, 0.15) is 11.4 Å². The molecule has 4 rings (SSSR count). The van der Waals surface area contributed by atoms with Crippen LogP contribution in [0.1, 0.15) is 66.2 Å². The first-order valence-corrected chi connectivity index (χ1v) is 14.1. The van der Waals surface area contributed by atoms with Crippen molar-refractivity contribution >= 4 is 28.3 Å². The summed E-state index contributed by atoms with van der Waals surface area (Å²) in [6.45, 7) is 3.99. The summed E-state index contributed by atoms with van der Waals surface area (Å²) in [6, 6.07) is 6.14. The van der Waals surface area contributed by atoms with Gasteiger partial charge in [-0.25, -0.2) is 8.78 Å². The molecule has 1 aliphatic carbocycles. The number of nitrogens with zero attached hydrogens (tertiary/aromatic N) is 5. The maximum absolute atomic E-state index is 13.7. The van der Waals surface area contributed by atoms with Crippen molar-refractivity contribution in [1.82, 2.24) is 20.1 Å². The van der Waals surface area contributed by atoms with E-state index in [2.05, 4.69) is 37.3 Å². The van der Waals surface area contributed by atoms with Crippen molar-refractivity contribution in [2.75, 3.05) is 33.6 Å². The molecule has 2 aromatic heterocycles. The molecule has 12 heteroatoms. The second-order valence-corrected chi connectivity index (χ2v) is 10.7. The van der Waals surface area contributed by atoms with Gasteiger partial charge in [-0.2, -0.15) is 0 Å². The first-order chi connectivity index (χ1) is 20.1. The van der Waals surface area contributed by atoms with Crippen molar-refractivity contribution < 1.29 is 23.0 Å². The van der Waals surface area contributed by atoms with Crippen molar-refractivity contribution in [2.24, 2.45) is 10.9 Å². The Morgan fingerprint density at radius 2 is 2.00 bits per heavy atom. The number of hydrogen-bond donors (Lipinski definition) is 1. The van der Waals surface area contributed by atoms with E-state index in [0.717, 1.165) is 36.2 Å². The number of carbonyl (C=O) groups is 1. The maximum Gasteiger partial charge on any atom is 0.280 e. The Balaban J connectivity index is 1.78. The van der Waals surface area contributed by atoms with Crippen LogP contribution in [0.3, 0.4) is 0 Å². The van der Waals surface area contributed by atoms with Crippen LogP contribution in [-0.2, 0) is 4.74 Å². The number of amides is 1. The lowest BCUT2D eigenvalue weighted by molar-refractivity contribution is 0.102. The summed E-state index contributed by atoms with van der Waals surface area (Å²) in [5, 5.41) is 11.6. The normalized spacial score (nSPS) is 13.7. The largest absolute Gasteiger partial charge is 0.494 e. The standard InChI is InChI=1S/C30H32F2N6O3S/c1-7-17(2)29(38(4)5)41-28(33-3)19-11-12-20(21(14-19)22-15-23(26(31)32)34-16-24(22)40-6)27(39)35-30-37-36-25(42-30)13-10-18-8-9-18/h11-12,14-16,18,26H,7-9H2,1-6H3,(H,35,37,39). The first kappa shape index (κ1) is 30.6. The van der Waals surface area contributed by atoms with Gasteiger partial charge in [0.05, 0.1) is 13.3 Å². The molecule has 0 unspecified atom stereocenters. The molecule has 42 heavy (non-hydrogen) atoms. The highest BCUT2D eigenvalue weighted by molar-refractivity contribution is 7.15. The molecular formula is C30H32F2N6O3S. The average molecular weight is 595 g/mol. The van der Waals surface area contributed by atoms with Gasteiger partial charge in [-0.15, -0.1) is 10.2 Å². The van der Waals surface area contributed by atoms with E-state index in [1.54, 1.807) is 25.2 Å². The minimum absolute atomic E-state index is 0.188. The SMILES string of the molecule is CCC(C)=C(OC(=NC)c1ccc(C(=O)Nc2nnc(C#CC3CC3)s2)c(-c2cc(C(F)F)ncc2OC)c1)N(C)C. The van der Waals surface area contributed by atoms with E-state index in [4.69, 9.17) is 9.47 Å². The third-order valence-corrected chi connectivity index (χ3v) is 7.19. The van der Waals surface area contributed by atoms with Gasteiger partial charge in [-0.3, -0.25) is 20.1 Å². The van der Waals surface area contributed by atoms with Gasteiger partial charge < -0.3 is 14.4 Å². The van der Waals surface area contributed by atoms with Crippen molar-refractivity contribution in [3.63, 3.8) is 0 Å². The lowest BCUT2D eigenvalue weighted by Crippen LogP contribution is -2.20. The van der Waals surface area contributed by atoms with E-state index in [-0.39, 0.29) is 27.9 Å². The summed E-state index contributed by atoms with van der Waals surface area (Å²) >= 11 is 1.16. The molecular weight excluding hydrogens is 562 g/mol. The fourth-order valence-corrected chi connectivity index (χ4v) is 4.57. The van der Waals surface area contributed by atoms with Crippen LogP contribution < -0.4 is 10.1 Å². The second kappa shape index (κ2) is 13.5. The van der Waals surface area contributed by atoms with Gasteiger partial charge >= 0.3 is 0 Å². The fraction of sp³-hybridized carbons (Fsp3) is 0.367. The summed E-state index contributed by atoms with van der Waals surface area (Å²) in [5.41, 5.74) is 1.84. The molecule has 2 heterocycles. The third-order valence-electron chi connectivity index (χ3n) is 6.44. The fourth-order valence-electron chi connectivity index (χ4n) is 3.97. The van der Waals surface area contributed by atoms with Gasteiger partial charge in [0.2, 0.25) is 11.0 Å². The number of benzene rings is 1. The van der Waals surface area contributed by atoms with Crippen LogP contribution in [-0.4, -0.2) is 60.1 Å². The smallest absolute Gasteiger partial charge is 0.280 e. The minimum Gasteiger partial charge on any atom is -0.494 e. The zero-order chi connectivity index (χ0) is 30.4. The third kappa shape index (κ3) is 7.28. The molecule has 1 aromatic carbocycles. The van der Waals surface area contributed by atoms with Crippen LogP contribution in [0.2, 0.25) is 0 Å². The number of methoxy groups -OCH3 is 1. The molecule has 220 valence electrons. The minimum atomic E-state index is -2.83. The number of halogens is 2. The van der Waals surface area contributed by atoms with E-state index < -0.39 is 18.0 Å². The quantitative estimate of drug-likeness (QED) is 0.137. The van der Waals surface area contributed by atoms with Crippen LogP contribution in [0, 0.1) is 17.8 Å². The number of hydrogen-bond acceptors (Lipinski definition) is 9. The molecule has 0 radical (unpaired) electrons. The van der Waals surface area contributed by atoms with Crippen molar-refractivity contribution in [2.45, 2.75) is 39.5 Å². The van der Waals surface area contributed by atoms with Gasteiger partial charge in [-0.1, -0.05) is 24.2 Å². The lowest BCUT2D eigenvalue weighted by atomic mass is 9.96. The Bertz CT molecular complexity index is 1590. The molecule has 0 spiro atoms. The molecule has 1 amide bonds. The van der Waals surface area contributed by atoms with Crippen LogP contribution in [0.15, 0.2) is 46.9 Å².